The Morgan fingerprint density at radius 2 is 0.744 bits per heavy atom. The highest BCUT2D eigenvalue weighted by Crippen LogP contribution is 2.54. The summed E-state index contributed by atoms with van der Waals surface area (Å²) in [5, 5.41) is 13.0. The molecule has 0 saturated heterocycles. The molecule has 0 amide bonds. The molecule has 0 saturated carbocycles. The Morgan fingerprint density at radius 1 is 0.305 bits per heavy atom. The zero-order valence-electron chi connectivity index (χ0n) is 47.4. The Balaban J connectivity index is 1.02. The van der Waals surface area contributed by atoms with E-state index in [9.17, 15) is 0 Å². The fraction of sp³-hybridized carbons (Fsp3) is 0.179. The molecular weight excluding hydrogens is 993 g/mol. The minimum Gasteiger partial charge on any atom is -0.309 e. The van der Waals surface area contributed by atoms with Crippen molar-refractivity contribution in [1.82, 2.24) is 9.13 Å². The van der Waals surface area contributed by atoms with Crippen LogP contribution in [0.1, 0.15) is 98.6 Å². The summed E-state index contributed by atoms with van der Waals surface area (Å²) in [5.41, 5.74) is 23.2. The summed E-state index contributed by atoms with van der Waals surface area (Å²) < 4.78 is 4.95. The molecule has 0 spiro atoms. The van der Waals surface area contributed by atoms with Crippen LogP contribution in [0.15, 0.2) is 218 Å². The van der Waals surface area contributed by atoms with Gasteiger partial charge in [-0.15, -0.1) is 0 Å². The summed E-state index contributed by atoms with van der Waals surface area (Å²) in [7, 11) is 0. The van der Waals surface area contributed by atoms with E-state index in [1.165, 1.54) is 180 Å². The molecule has 0 bridgehead atoms. The van der Waals surface area contributed by atoms with Crippen molar-refractivity contribution >= 4 is 110 Å². The normalized spacial score (nSPS) is 13.7. The summed E-state index contributed by atoms with van der Waals surface area (Å²) in [4.78, 5) is 5.38. The van der Waals surface area contributed by atoms with E-state index in [0.29, 0.717) is 0 Å². The molecule has 0 fully saturated rings. The van der Waals surface area contributed by atoms with Gasteiger partial charge in [0.25, 0.3) is 0 Å². The maximum Gasteiger partial charge on any atom is 0.0562 e. The quantitative estimate of drug-likeness (QED) is 0.127. The molecule has 0 radical (unpaired) electrons. The molecular formula is C78H66N4. The standard InChI is InChI=1S/C78H66N4/c1-49(2)65-47-74(81(67-36-19-24-51-22-11-13-30-56(51)67)55-40-41-59-58-32-15-17-34-69(58)80(73(59)46-55)54-28-9-6-10-29-54)63-44-42-61-66(50(3)4)48-75(64-45-43-60(65)76(63)77(61)64)82(68-37-20-25-52-23-12-14-31-57(52)68)72-39-21-38-71-78(72)62-33-16-18-35-70(62)79(71)53-26-7-5-8-27-53/h5-10,15-21,24-29,32-50H,11-14,22-23,30-31H2,1-4H3. The third-order valence-corrected chi connectivity index (χ3v) is 18.7. The second-order valence-corrected chi connectivity index (χ2v) is 24.0. The largest absolute Gasteiger partial charge is 0.309 e. The maximum atomic E-state index is 2.71. The Morgan fingerprint density at radius 3 is 1.34 bits per heavy atom. The van der Waals surface area contributed by atoms with Gasteiger partial charge in [-0.25, -0.2) is 0 Å². The average molecular weight is 1060 g/mol. The monoisotopic (exact) mass is 1060 g/mol. The number of rotatable bonds is 10. The highest BCUT2D eigenvalue weighted by Gasteiger charge is 2.31. The number of hydrogen-bond donors (Lipinski definition) is 0. The van der Waals surface area contributed by atoms with E-state index in [4.69, 9.17) is 0 Å². The summed E-state index contributed by atoms with van der Waals surface area (Å²) in [6.45, 7) is 9.59. The van der Waals surface area contributed by atoms with Gasteiger partial charge in [0, 0.05) is 60.8 Å². The van der Waals surface area contributed by atoms with Gasteiger partial charge in [-0.05, 0) is 203 Å². The van der Waals surface area contributed by atoms with Crippen LogP contribution >= 0.6 is 0 Å². The van der Waals surface area contributed by atoms with E-state index >= 15 is 0 Å². The van der Waals surface area contributed by atoms with Gasteiger partial charge in [-0.2, -0.15) is 0 Å². The van der Waals surface area contributed by atoms with Crippen molar-refractivity contribution < 1.29 is 0 Å². The van der Waals surface area contributed by atoms with Crippen LogP contribution in [0.2, 0.25) is 0 Å². The number of fused-ring (bicyclic) bond motifs is 8. The first-order chi connectivity index (χ1) is 40.4. The Kier molecular flexibility index (Phi) is 11.5. The van der Waals surface area contributed by atoms with Gasteiger partial charge in [-0.3, -0.25) is 0 Å². The van der Waals surface area contributed by atoms with Crippen LogP contribution in [0, 0.1) is 0 Å². The van der Waals surface area contributed by atoms with Gasteiger partial charge in [0.2, 0.25) is 0 Å². The fourth-order valence-electron chi connectivity index (χ4n) is 15.1. The number of anilines is 6. The molecule has 4 heteroatoms. The maximum absolute atomic E-state index is 2.71. The SMILES string of the molecule is CC(C)c1cc(N(c2ccc3c4ccccc4n(-c4ccccc4)c3c2)c2cccc3c2CCCC3)c2ccc3c(C(C)C)cc(N(c4cccc5c4CCCC5)c4cccc5c4c4ccccc4n5-c4ccccc4)c4ccc1c2c34. The van der Waals surface area contributed by atoms with E-state index < -0.39 is 0 Å². The summed E-state index contributed by atoms with van der Waals surface area (Å²) in [5.74, 6) is 0.513. The molecule has 82 heavy (non-hydrogen) atoms. The van der Waals surface area contributed by atoms with E-state index in [1.807, 2.05) is 0 Å². The smallest absolute Gasteiger partial charge is 0.0562 e. The number of para-hydroxylation sites is 4. The molecule has 16 rings (SSSR count). The highest BCUT2D eigenvalue weighted by atomic mass is 15.2. The topological polar surface area (TPSA) is 16.3 Å². The van der Waals surface area contributed by atoms with Gasteiger partial charge >= 0.3 is 0 Å². The summed E-state index contributed by atoms with van der Waals surface area (Å²) in [6, 6.07) is 83.5. The second kappa shape index (κ2) is 19.3. The molecule has 0 unspecified atom stereocenters. The molecule has 0 atom stereocenters. The van der Waals surface area contributed by atoms with Crippen LogP contribution in [-0.2, 0) is 25.7 Å². The van der Waals surface area contributed by atoms with Crippen LogP contribution in [0.3, 0.4) is 0 Å². The third-order valence-electron chi connectivity index (χ3n) is 18.7. The number of hydrogen-bond acceptors (Lipinski definition) is 2. The average Bonchev–Trinajstić information content (AvgIpc) is 2.90. The van der Waals surface area contributed by atoms with Crippen molar-refractivity contribution in [3.8, 4) is 11.4 Å². The van der Waals surface area contributed by atoms with Crippen molar-refractivity contribution in [2.24, 2.45) is 0 Å². The van der Waals surface area contributed by atoms with Gasteiger partial charge in [0.05, 0.1) is 39.1 Å². The van der Waals surface area contributed by atoms with Gasteiger partial charge in [0.15, 0.2) is 0 Å². The highest BCUT2D eigenvalue weighted by molar-refractivity contribution is 6.30. The molecule has 0 aliphatic heterocycles. The molecule has 2 aliphatic carbocycles. The van der Waals surface area contributed by atoms with Crippen molar-refractivity contribution in [1.29, 1.82) is 0 Å². The number of benzene rings is 12. The zero-order chi connectivity index (χ0) is 54.7. The molecule has 12 aromatic carbocycles. The Labute approximate surface area is 480 Å². The minimum absolute atomic E-state index is 0.255. The zero-order valence-corrected chi connectivity index (χ0v) is 47.4. The first-order valence-electron chi connectivity index (χ1n) is 30.2. The van der Waals surface area contributed by atoms with Crippen molar-refractivity contribution in [2.75, 3.05) is 9.80 Å². The fourth-order valence-corrected chi connectivity index (χ4v) is 15.1. The van der Waals surface area contributed by atoms with Gasteiger partial charge < -0.3 is 18.9 Å². The predicted octanol–water partition coefficient (Wildman–Crippen LogP) is 21.7. The lowest BCUT2D eigenvalue weighted by Gasteiger charge is -2.34. The second-order valence-electron chi connectivity index (χ2n) is 24.0. The summed E-state index contributed by atoms with van der Waals surface area (Å²) in [6.07, 6.45) is 9.16. The molecule has 2 aromatic heterocycles. The van der Waals surface area contributed by atoms with Crippen molar-refractivity contribution in [3.63, 3.8) is 0 Å². The molecule has 14 aromatic rings. The summed E-state index contributed by atoms with van der Waals surface area (Å²) >= 11 is 0. The lowest BCUT2D eigenvalue weighted by Crippen LogP contribution is -2.17. The number of aromatic nitrogens is 2. The number of nitrogens with zero attached hydrogens (tertiary/aromatic N) is 4. The van der Waals surface area contributed by atoms with E-state index in [-0.39, 0.29) is 11.8 Å². The van der Waals surface area contributed by atoms with Crippen LogP contribution in [0.25, 0.3) is 87.3 Å². The first-order valence-corrected chi connectivity index (χ1v) is 30.2. The predicted molar refractivity (Wildman–Crippen MR) is 350 cm³/mol. The lowest BCUT2D eigenvalue weighted by molar-refractivity contribution is 0.686. The molecule has 4 nitrogen and oxygen atoms in total. The number of aryl methyl sites for hydroxylation is 2. The molecule has 0 N–H and O–H groups in total. The van der Waals surface area contributed by atoms with Crippen LogP contribution in [0.4, 0.5) is 34.1 Å². The Bertz CT molecular complexity index is 4820. The molecule has 398 valence electrons. The van der Waals surface area contributed by atoms with E-state index in [0.717, 1.165) is 25.7 Å². The third kappa shape index (κ3) is 7.43. The lowest BCUT2D eigenvalue weighted by atomic mass is 9.83. The molecule has 2 aliphatic rings. The van der Waals surface area contributed by atoms with Crippen LogP contribution in [0.5, 0.6) is 0 Å². The minimum atomic E-state index is 0.255. The van der Waals surface area contributed by atoms with Crippen molar-refractivity contribution in [2.45, 2.75) is 90.9 Å². The van der Waals surface area contributed by atoms with Gasteiger partial charge in [-0.1, -0.05) is 161 Å². The van der Waals surface area contributed by atoms with E-state index in [2.05, 4.69) is 265 Å². The van der Waals surface area contributed by atoms with Gasteiger partial charge in [0.1, 0.15) is 0 Å². The molecule has 2 heterocycles. The first kappa shape index (κ1) is 48.8. The van der Waals surface area contributed by atoms with E-state index in [1.54, 1.807) is 0 Å². The van der Waals surface area contributed by atoms with Crippen LogP contribution in [-0.4, -0.2) is 9.13 Å². The Hall–Kier alpha value is -9.12. The van der Waals surface area contributed by atoms with Crippen molar-refractivity contribution in [3.05, 3.63) is 252 Å². The van der Waals surface area contributed by atoms with Crippen LogP contribution < -0.4 is 9.80 Å².